The van der Waals surface area contributed by atoms with Crippen LogP contribution >= 0.6 is 0 Å². The largest absolute Gasteiger partial charge is 0.512 e. The molecule has 0 bridgehead atoms. The van der Waals surface area contributed by atoms with Crippen molar-refractivity contribution in [2.75, 3.05) is 26.2 Å². The zero-order valence-electron chi connectivity index (χ0n) is 11.6. The zero-order chi connectivity index (χ0) is 14.5. The minimum absolute atomic E-state index is 0.245. The van der Waals surface area contributed by atoms with Gasteiger partial charge in [-0.05, 0) is 12.5 Å². The van der Waals surface area contributed by atoms with Crippen LogP contribution in [0.5, 0.6) is 0 Å². The molecule has 2 rings (SSSR count). The van der Waals surface area contributed by atoms with Gasteiger partial charge in [-0.2, -0.15) is 0 Å². The maximum Gasteiger partial charge on any atom is 0.118 e. The van der Waals surface area contributed by atoms with E-state index in [1.54, 1.807) is 6.08 Å². The molecule has 110 valence electrons. The van der Waals surface area contributed by atoms with E-state index < -0.39 is 0 Å². The van der Waals surface area contributed by atoms with Crippen LogP contribution in [0.25, 0.3) is 0 Å². The molecular weight excluding hydrogens is 254 g/mol. The Morgan fingerprint density at radius 2 is 1.95 bits per heavy atom. The Morgan fingerprint density at radius 1 is 1.25 bits per heavy atom. The van der Waals surface area contributed by atoms with Gasteiger partial charge in [-0.25, -0.2) is 0 Å². The van der Waals surface area contributed by atoms with Crippen molar-refractivity contribution in [3.63, 3.8) is 0 Å². The van der Waals surface area contributed by atoms with E-state index in [0.29, 0.717) is 23.5 Å². The molecule has 6 heteroatoms. The number of aliphatic hydroxyl groups excluding tert-OH is 1. The van der Waals surface area contributed by atoms with Crippen LogP contribution in [0.15, 0.2) is 46.8 Å². The Kier molecular flexibility index (Phi) is 4.57. The Balaban J connectivity index is 2.25. The maximum atomic E-state index is 9.91. The lowest BCUT2D eigenvalue weighted by atomic mass is 10.0. The molecule has 20 heavy (non-hydrogen) atoms. The van der Waals surface area contributed by atoms with E-state index in [1.807, 2.05) is 12.2 Å². The summed E-state index contributed by atoms with van der Waals surface area (Å²) in [5, 5.41) is 13.2. The lowest BCUT2D eigenvalue weighted by Crippen LogP contribution is -2.44. The van der Waals surface area contributed by atoms with Crippen LogP contribution in [0.1, 0.15) is 12.8 Å². The van der Waals surface area contributed by atoms with E-state index in [4.69, 9.17) is 17.2 Å². The molecule has 6 nitrogen and oxygen atoms in total. The fourth-order valence-corrected chi connectivity index (χ4v) is 2.40. The first kappa shape index (κ1) is 14.3. The first-order chi connectivity index (χ1) is 9.59. The zero-order valence-corrected chi connectivity index (χ0v) is 11.6. The molecule has 1 saturated heterocycles. The molecular formula is C14H23N5O. The van der Waals surface area contributed by atoms with Crippen molar-refractivity contribution in [1.82, 2.24) is 10.2 Å². The van der Waals surface area contributed by atoms with Crippen molar-refractivity contribution in [3.8, 4) is 0 Å². The van der Waals surface area contributed by atoms with Crippen LogP contribution in [0.3, 0.4) is 0 Å². The van der Waals surface area contributed by atoms with Gasteiger partial charge in [0.05, 0.1) is 5.70 Å². The maximum absolute atomic E-state index is 9.91. The molecule has 1 aliphatic heterocycles. The van der Waals surface area contributed by atoms with Crippen molar-refractivity contribution in [2.24, 2.45) is 17.2 Å². The molecule has 1 aliphatic carbocycles. The Hall–Kier alpha value is -2.08. The van der Waals surface area contributed by atoms with Gasteiger partial charge in [0.1, 0.15) is 11.6 Å². The summed E-state index contributed by atoms with van der Waals surface area (Å²) in [4.78, 5) is 2.10. The highest BCUT2D eigenvalue weighted by Gasteiger charge is 2.16. The Bertz CT molecular complexity index is 480. The van der Waals surface area contributed by atoms with E-state index in [2.05, 4.69) is 10.2 Å². The second-order valence-electron chi connectivity index (χ2n) is 4.98. The summed E-state index contributed by atoms with van der Waals surface area (Å²) in [6, 6.07) is 0. The second-order valence-corrected chi connectivity index (χ2v) is 4.98. The van der Waals surface area contributed by atoms with Crippen molar-refractivity contribution in [3.05, 3.63) is 46.8 Å². The van der Waals surface area contributed by atoms with Crippen molar-refractivity contribution < 1.29 is 5.11 Å². The molecule has 1 heterocycles. The first-order valence-electron chi connectivity index (χ1n) is 6.86. The lowest BCUT2D eigenvalue weighted by molar-refractivity contribution is 0.304. The fourth-order valence-electron chi connectivity index (χ4n) is 2.40. The lowest BCUT2D eigenvalue weighted by Gasteiger charge is -2.31. The SMILES string of the molecule is NC(N)=C(/C=C(\N)C1=C(O)CCC=C1)N1CCNCC1. The topological polar surface area (TPSA) is 114 Å². The minimum atomic E-state index is 0.245. The number of hydrogen-bond acceptors (Lipinski definition) is 6. The standard InChI is InChI=1S/C14H23N5O/c15-11(10-3-1-2-4-13(10)20)9-12(14(16)17)19-7-5-18-6-8-19/h1,3,9,18,20H,2,4-8,15-17H2/b11-9-. The Labute approximate surface area is 119 Å². The summed E-state index contributed by atoms with van der Waals surface area (Å²) in [5.74, 6) is 0.561. The summed E-state index contributed by atoms with van der Waals surface area (Å²) in [6.45, 7) is 3.44. The van der Waals surface area contributed by atoms with E-state index in [0.717, 1.165) is 38.3 Å². The van der Waals surface area contributed by atoms with E-state index >= 15 is 0 Å². The highest BCUT2D eigenvalue weighted by atomic mass is 16.3. The molecule has 0 aromatic rings. The van der Waals surface area contributed by atoms with E-state index in [9.17, 15) is 5.11 Å². The molecule has 0 unspecified atom stereocenters. The molecule has 2 aliphatic rings. The van der Waals surface area contributed by atoms with Gasteiger partial charge in [0.2, 0.25) is 0 Å². The van der Waals surface area contributed by atoms with Crippen molar-refractivity contribution >= 4 is 0 Å². The number of allylic oxidation sites excluding steroid dienone is 4. The number of aliphatic hydroxyl groups is 1. The van der Waals surface area contributed by atoms with Crippen molar-refractivity contribution in [1.29, 1.82) is 0 Å². The summed E-state index contributed by atoms with van der Waals surface area (Å²) in [7, 11) is 0. The third-order valence-corrected chi connectivity index (χ3v) is 3.50. The van der Waals surface area contributed by atoms with Gasteiger partial charge in [0.15, 0.2) is 0 Å². The monoisotopic (exact) mass is 277 g/mol. The van der Waals surface area contributed by atoms with Gasteiger partial charge < -0.3 is 32.5 Å². The third kappa shape index (κ3) is 3.27. The number of nitrogens with one attached hydrogen (secondary N) is 1. The highest BCUT2D eigenvalue weighted by Crippen LogP contribution is 2.22. The summed E-state index contributed by atoms with van der Waals surface area (Å²) in [6.07, 6.45) is 7.04. The molecule has 0 aromatic heterocycles. The van der Waals surface area contributed by atoms with Crippen LogP contribution in [0.2, 0.25) is 0 Å². The number of hydrogen-bond donors (Lipinski definition) is 5. The predicted octanol–water partition coefficient (Wildman–Crippen LogP) is -0.0172. The van der Waals surface area contributed by atoms with E-state index in [-0.39, 0.29) is 5.82 Å². The number of nitrogens with zero attached hydrogens (tertiary/aromatic N) is 1. The molecule has 0 atom stereocenters. The highest BCUT2D eigenvalue weighted by molar-refractivity contribution is 5.45. The summed E-state index contributed by atoms with van der Waals surface area (Å²) in [5.41, 5.74) is 19.5. The molecule has 0 spiro atoms. The van der Waals surface area contributed by atoms with Crippen LogP contribution < -0.4 is 22.5 Å². The van der Waals surface area contributed by atoms with Crippen LogP contribution in [-0.2, 0) is 0 Å². The predicted molar refractivity (Wildman–Crippen MR) is 80.1 cm³/mol. The summed E-state index contributed by atoms with van der Waals surface area (Å²) < 4.78 is 0. The average Bonchev–Trinajstić information content (AvgIpc) is 2.45. The number of rotatable bonds is 3. The first-order valence-corrected chi connectivity index (χ1v) is 6.86. The van der Waals surface area contributed by atoms with Crippen molar-refractivity contribution in [2.45, 2.75) is 12.8 Å². The van der Waals surface area contributed by atoms with Crippen LogP contribution in [-0.4, -0.2) is 36.2 Å². The van der Waals surface area contributed by atoms with Gasteiger partial charge in [-0.3, -0.25) is 0 Å². The molecule has 0 aromatic carbocycles. The summed E-state index contributed by atoms with van der Waals surface area (Å²) >= 11 is 0. The Morgan fingerprint density at radius 3 is 2.55 bits per heavy atom. The third-order valence-electron chi connectivity index (χ3n) is 3.50. The van der Waals surface area contributed by atoms with E-state index in [1.165, 1.54) is 0 Å². The molecule has 8 N–H and O–H groups in total. The second kappa shape index (κ2) is 6.38. The fraction of sp³-hybridized carbons (Fsp3) is 0.429. The van der Waals surface area contributed by atoms with Crippen LogP contribution in [0.4, 0.5) is 0 Å². The minimum Gasteiger partial charge on any atom is -0.512 e. The number of piperazine rings is 1. The van der Waals surface area contributed by atoms with Gasteiger partial charge >= 0.3 is 0 Å². The smallest absolute Gasteiger partial charge is 0.118 e. The average molecular weight is 277 g/mol. The van der Waals surface area contributed by atoms with Gasteiger partial charge in [-0.15, -0.1) is 0 Å². The molecule has 0 saturated carbocycles. The van der Waals surface area contributed by atoms with Gasteiger partial charge in [-0.1, -0.05) is 12.2 Å². The van der Waals surface area contributed by atoms with Gasteiger partial charge in [0, 0.05) is 43.9 Å². The number of nitrogens with two attached hydrogens (primary N) is 3. The molecule has 1 fully saturated rings. The van der Waals surface area contributed by atoms with Crippen LogP contribution in [0, 0.1) is 0 Å². The van der Waals surface area contributed by atoms with Gasteiger partial charge in [0.25, 0.3) is 0 Å². The normalized spacial score (nSPS) is 20.2. The quantitative estimate of drug-likeness (QED) is 0.463. The molecule has 0 amide bonds. The molecule has 0 radical (unpaired) electrons.